The predicted octanol–water partition coefficient (Wildman–Crippen LogP) is 0.776. The molecule has 2 aromatic rings. The number of para-hydroxylation sites is 1. The van der Waals surface area contributed by atoms with Gasteiger partial charge in [-0.15, -0.1) is 0 Å². The fraction of sp³-hybridized carbons (Fsp3) is 0.533. The van der Waals surface area contributed by atoms with Crippen LogP contribution in [0.15, 0.2) is 30.3 Å². The van der Waals surface area contributed by atoms with Crippen LogP contribution in [-0.2, 0) is 0 Å². The highest BCUT2D eigenvalue weighted by Gasteiger charge is 2.17. The van der Waals surface area contributed by atoms with E-state index in [4.69, 9.17) is 0 Å². The van der Waals surface area contributed by atoms with Gasteiger partial charge in [0.25, 0.3) is 0 Å². The van der Waals surface area contributed by atoms with Gasteiger partial charge in [-0.25, -0.2) is 0 Å². The number of rotatable bonds is 7. The zero-order chi connectivity index (χ0) is 15.2. The molecule has 0 bridgehead atoms. The molecule has 114 valence electrons. The summed E-state index contributed by atoms with van der Waals surface area (Å²) in [6, 6.07) is 11.1. The number of quaternary nitrogens is 1. The van der Waals surface area contributed by atoms with Gasteiger partial charge >= 0.3 is 0 Å². The van der Waals surface area contributed by atoms with Gasteiger partial charge in [0.05, 0.1) is 30.9 Å². The molecule has 1 heterocycles. The summed E-state index contributed by atoms with van der Waals surface area (Å²) in [4.78, 5) is 1.57. The molecule has 0 aliphatic rings. The molecule has 0 saturated heterocycles. The minimum absolute atomic E-state index is 0.608. The molecule has 0 spiro atoms. The lowest BCUT2D eigenvalue weighted by Gasteiger charge is -2.27. The van der Waals surface area contributed by atoms with Gasteiger partial charge in [0.1, 0.15) is 0 Å². The van der Waals surface area contributed by atoms with Crippen LogP contribution in [-0.4, -0.2) is 45.4 Å². The van der Waals surface area contributed by atoms with Gasteiger partial charge in [-0.2, -0.15) is 4.68 Å². The van der Waals surface area contributed by atoms with Crippen LogP contribution in [0.1, 0.15) is 27.7 Å². The first kappa shape index (κ1) is 15.4. The fourth-order valence-corrected chi connectivity index (χ4v) is 2.60. The van der Waals surface area contributed by atoms with Crippen molar-refractivity contribution in [2.75, 3.05) is 18.4 Å². The Balaban J connectivity index is 1.97. The molecule has 6 heteroatoms. The lowest BCUT2D eigenvalue weighted by molar-refractivity contribution is -0.940. The fourth-order valence-electron chi connectivity index (χ4n) is 2.60. The first-order valence-electron chi connectivity index (χ1n) is 7.53. The third kappa shape index (κ3) is 4.01. The summed E-state index contributed by atoms with van der Waals surface area (Å²) < 4.78 is 1.73. The van der Waals surface area contributed by atoms with Crippen LogP contribution in [0, 0.1) is 0 Å². The molecule has 0 amide bonds. The van der Waals surface area contributed by atoms with Crippen LogP contribution >= 0.6 is 0 Å². The molecular formula is C15H25N6+. The molecule has 21 heavy (non-hydrogen) atoms. The summed E-state index contributed by atoms with van der Waals surface area (Å²) in [6.45, 7) is 10.9. The number of hydrogen-bond acceptors (Lipinski definition) is 4. The van der Waals surface area contributed by atoms with E-state index in [9.17, 15) is 0 Å². The second kappa shape index (κ2) is 7.17. The average Bonchev–Trinajstić information content (AvgIpc) is 2.92. The van der Waals surface area contributed by atoms with Crippen molar-refractivity contribution < 1.29 is 4.90 Å². The van der Waals surface area contributed by atoms with Gasteiger partial charge in [-0.05, 0) is 50.3 Å². The van der Waals surface area contributed by atoms with E-state index in [-0.39, 0.29) is 0 Å². The molecule has 0 fully saturated rings. The van der Waals surface area contributed by atoms with E-state index in [0.29, 0.717) is 18.0 Å². The van der Waals surface area contributed by atoms with E-state index in [1.165, 1.54) is 0 Å². The second-order valence-electron chi connectivity index (χ2n) is 5.81. The molecule has 0 saturated carbocycles. The Labute approximate surface area is 126 Å². The Hall–Kier alpha value is -1.95. The Morgan fingerprint density at radius 3 is 2.38 bits per heavy atom. The third-order valence-electron chi connectivity index (χ3n) is 3.65. The van der Waals surface area contributed by atoms with E-state index < -0.39 is 0 Å². The van der Waals surface area contributed by atoms with Crippen molar-refractivity contribution in [3.63, 3.8) is 0 Å². The van der Waals surface area contributed by atoms with Crippen molar-refractivity contribution in [1.29, 1.82) is 0 Å². The number of aromatic nitrogens is 4. The van der Waals surface area contributed by atoms with Gasteiger partial charge in [0, 0.05) is 0 Å². The Kier molecular flexibility index (Phi) is 5.27. The second-order valence-corrected chi connectivity index (χ2v) is 5.81. The third-order valence-corrected chi connectivity index (χ3v) is 3.65. The van der Waals surface area contributed by atoms with Crippen molar-refractivity contribution in [2.24, 2.45) is 0 Å². The van der Waals surface area contributed by atoms with Crippen molar-refractivity contribution in [2.45, 2.75) is 39.8 Å². The standard InChI is InChI=1S/C15H24N6/c1-12(2)20(13(3)4)11-10-16-15-17-18-19-21(15)14-8-6-5-7-9-14/h5-9,12-13H,10-11H2,1-4H3,(H,16,17,19)/p+1. The van der Waals surface area contributed by atoms with Crippen molar-refractivity contribution in [3.05, 3.63) is 30.3 Å². The molecule has 1 aromatic carbocycles. The van der Waals surface area contributed by atoms with Crippen LogP contribution in [0.3, 0.4) is 0 Å². The van der Waals surface area contributed by atoms with E-state index in [1.54, 1.807) is 9.58 Å². The molecule has 2 rings (SSSR count). The number of benzene rings is 1. The highest BCUT2D eigenvalue weighted by molar-refractivity contribution is 5.38. The molecule has 2 N–H and O–H groups in total. The Morgan fingerprint density at radius 1 is 1.10 bits per heavy atom. The van der Waals surface area contributed by atoms with Crippen molar-refractivity contribution in [3.8, 4) is 5.69 Å². The molecule has 6 nitrogen and oxygen atoms in total. The molecule has 0 aliphatic heterocycles. The van der Waals surface area contributed by atoms with E-state index in [0.717, 1.165) is 18.8 Å². The summed E-state index contributed by atoms with van der Waals surface area (Å²) in [5, 5.41) is 15.2. The SMILES string of the molecule is CC(C)[NH+](CCNc1nnnn1-c1ccccc1)C(C)C. The number of nitrogens with one attached hydrogen (secondary N) is 2. The van der Waals surface area contributed by atoms with E-state index >= 15 is 0 Å². The van der Waals surface area contributed by atoms with Gasteiger partial charge < -0.3 is 10.2 Å². The molecule has 0 aliphatic carbocycles. The number of tetrazole rings is 1. The molecule has 0 atom stereocenters. The summed E-state index contributed by atoms with van der Waals surface area (Å²) in [7, 11) is 0. The van der Waals surface area contributed by atoms with Gasteiger partial charge in [0.15, 0.2) is 0 Å². The van der Waals surface area contributed by atoms with Gasteiger partial charge in [-0.3, -0.25) is 0 Å². The van der Waals surface area contributed by atoms with Crippen LogP contribution < -0.4 is 10.2 Å². The number of hydrogen-bond donors (Lipinski definition) is 2. The van der Waals surface area contributed by atoms with Gasteiger partial charge in [-0.1, -0.05) is 23.3 Å². The monoisotopic (exact) mass is 289 g/mol. The zero-order valence-corrected chi connectivity index (χ0v) is 13.2. The van der Waals surface area contributed by atoms with Gasteiger partial charge in [0.2, 0.25) is 5.95 Å². The van der Waals surface area contributed by atoms with E-state index in [2.05, 4.69) is 48.5 Å². The first-order valence-corrected chi connectivity index (χ1v) is 7.53. The maximum atomic E-state index is 4.06. The average molecular weight is 289 g/mol. The quantitative estimate of drug-likeness (QED) is 0.791. The van der Waals surface area contributed by atoms with E-state index in [1.807, 2.05) is 30.3 Å². The molecule has 0 radical (unpaired) electrons. The van der Waals surface area contributed by atoms with Crippen molar-refractivity contribution in [1.82, 2.24) is 20.2 Å². The smallest absolute Gasteiger partial charge is 0.247 e. The number of anilines is 1. The Morgan fingerprint density at radius 2 is 1.76 bits per heavy atom. The molecular weight excluding hydrogens is 264 g/mol. The lowest BCUT2D eigenvalue weighted by atomic mass is 10.2. The van der Waals surface area contributed by atoms with Crippen LogP contribution in [0.25, 0.3) is 5.69 Å². The number of nitrogens with zero attached hydrogens (tertiary/aromatic N) is 4. The lowest BCUT2D eigenvalue weighted by Crippen LogP contribution is -3.18. The topological polar surface area (TPSA) is 60.1 Å². The minimum Gasteiger partial charge on any atom is -0.347 e. The largest absolute Gasteiger partial charge is 0.347 e. The molecule has 0 unspecified atom stereocenters. The van der Waals surface area contributed by atoms with Crippen molar-refractivity contribution >= 4 is 5.95 Å². The Bertz CT molecular complexity index is 526. The summed E-state index contributed by atoms with van der Waals surface area (Å²) in [5.74, 6) is 0.688. The van der Waals surface area contributed by atoms with Crippen LogP contribution in [0.4, 0.5) is 5.95 Å². The summed E-state index contributed by atoms with van der Waals surface area (Å²) >= 11 is 0. The maximum Gasteiger partial charge on any atom is 0.247 e. The summed E-state index contributed by atoms with van der Waals surface area (Å²) in [5.41, 5.74) is 0.960. The highest BCUT2D eigenvalue weighted by atomic mass is 15.6. The van der Waals surface area contributed by atoms with Crippen LogP contribution in [0.5, 0.6) is 0 Å². The van der Waals surface area contributed by atoms with Crippen LogP contribution in [0.2, 0.25) is 0 Å². The highest BCUT2D eigenvalue weighted by Crippen LogP contribution is 2.09. The zero-order valence-electron chi connectivity index (χ0n) is 13.2. The minimum atomic E-state index is 0.608. The first-order chi connectivity index (χ1) is 10.1. The normalized spacial score (nSPS) is 11.6. The predicted molar refractivity (Wildman–Crippen MR) is 83.7 cm³/mol. The molecule has 1 aromatic heterocycles. The maximum absolute atomic E-state index is 4.06. The summed E-state index contributed by atoms with van der Waals surface area (Å²) in [6.07, 6.45) is 0.